The van der Waals surface area contributed by atoms with Gasteiger partial charge in [0.1, 0.15) is 17.0 Å². The van der Waals surface area contributed by atoms with Gasteiger partial charge in [-0.15, -0.1) is 0 Å². The molecular weight excluding hydrogens is 418 g/mol. The molecule has 2 heterocycles. The Labute approximate surface area is 189 Å². The molecule has 5 rings (SSSR count). The molecule has 0 bridgehead atoms. The van der Waals surface area contributed by atoms with Gasteiger partial charge in [0.2, 0.25) is 0 Å². The molecule has 0 fully saturated rings. The molecule has 0 amide bonds. The van der Waals surface area contributed by atoms with Crippen molar-refractivity contribution in [2.24, 2.45) is 7.05 Å². The highest BCUT2D eigenvalue weighted by molar-refractivity contribution is 6.06. The summed E-state index contributed by atoms with van der Waals surface area (Å²) in [7, 11) is 5.01. The third kappa shape index (κ3) is 3.29. The highest BCUT2D eigenvalue weighted by Gasteiger charge is 2.21. The van der Waals surface area contributed by atoms with Crippen molar-refractivity contribution in [3.63, 3.8) is 0 Å². The molecule has 0 radical (unpaired) electrons. The van der Waals surface area contributed by atoms with Gasteiger partial charge in [0.15, 0.2) is 0 Å². The SMILES string of the molecule is COc1ccc(-n2c(=O)c3c(c4cc(OC)ccc4n3C)n(Cc3ccccc3)c2=O)cc1. The summed E-state index contributed by atoms with van der Waals surface area (Å²) in [5, 5.41) is 0.791. The summed E-state index contributed by atoms with van der Waals surface area (Å²) in [6.07, 6.45) is 0. The van der Waals surface area contributed by atoms with E-state index < -0.39 is 5.69 Å². The van der Waals surface area contributed by atoms with Crippen LogP contribution in [-0.4, -0.2) is 27.9 Å². The molecule has 7 heteroatoms. The number of methoxy groups -OCH3 is 2. The number of rotatable bonds is 5. The van der Waals surface area contributed by atoms with Crippen LogP contribution in [0.1, 0.15) is 5.56 Å². The lowest BCUT2D eigenvalue weighted by molar-refractivity contribution is 0.414. The van der Waals surface area contributed by atoms with Crippen molar-refractivity contribution >= 4 is 21.9 Å². The van der Waals surface area contributed by atoms with Crippen molar-refractivity contribution in [3.05, 3.63) is 99.2 Å². The van der Waals surface area contributed by atoms with Crippen LogP contribution in [0.4, 0.5) is 0 Å². The van der Waals surface area contributed by atoms with E-state index in [1.165, 1.54) is 4.57 Å². The van der Waals surface area contributed by atoms with Crippen LogP contribution < -0.4 is 20.7 Å². The number of aryl methyl sites for hydroxylation is 1. The van der Waals surface area contributed by atoms with Crippen molar-refractivity contribution in [1.82, 2.24) is 13.7 Å². The van der Waals surface area contributed by atoms with E-state index in [1.807, 2.05) is 60.1 Å². The second-order valence-corrected chi connectivity index (χ2v) is 7.83. The van der Waals surface area contributed by atoms with E-state index in [2.05, 4.69) is 0 Å². The van der Waals surface area contributed by atoms with Gasteiger partial charge in [-0.3, -0.25) is 9.36 Å². The van der Waals surface area contributed by atoms with Gasteiger partial charge >= 0.3 is 5.69 Å². The molecule has 0 aliphatic carbocycles. The number of ether oxygens (including phenoxy) is 2. The fourth-order valence-corrected chi connectivity index (χ4v) is 4.33. The first kappa shape index (κ1) is 20.6. The summed E-state index contributed by atoms with van der Waals surface area (Å²) in [5.41, 5.74) is 2.55. The fraction of sp³-hybridized carbons (Fsp3) is 0.154. The van der Waals surface area contributed by atoms with Gasteiger partial charge in [0.05, 0.1) is 37.5 Å². The molecule has 0 saturated carbocycles. The predicted octanol–water partition coefficient (Wildman–Crippen LogP) is 3.71. The van der Waals surface area contributed by atoms with Gasteiger partial charge in [-0.05, 0) is 48.0 Å². The average molecular weight is 441 g/mol. The Balaban J connectivity index is 1.91. The van der Waals surface area contributed by atoms with Gasteiger partial charge < -0.3 is 14.0 Å². The molecule has 0 spiro atoms. The second kappa shape index (κ2) is 8.02. The number of benzene rings is 3. The Morgan fingerprint density at radius 2 is 1.45 bits per heavy atom. The van der Waals surface area contributed by atoms with Crippen molar-refractivity contribution in [3.8, 4) is 17.2 Å². The minimum Gasteiger partial charge on any atom is -0.497 e. The van der Waals surface area contributed by atoms with E-state index in [0.29, 0.717) is 34.8 Å². The minimum absolute atomic E-state index is 0.322. The average Bonchev–Trinajstić information content (AvgIpc) is 3.14. The Morgan fingerprint density at radius 1 is 0.788 bits per heavy atom. The van der Waals surface area contributed by atoms with Crippen molar-refractivity contribution < 1.29 is 9.47 Å². The second-order valence-electron chi connectivity index (χ2n) is 7.83. The van der Waals surface area contributed by atoms with E-state index in [4.69, 9.17) is 9.47 Å². The lowest BCUT2D eigenvalue weighted by Gasteiger charge is -2.14. The van der Waals surface area contributed by atoms with Gasteiger partial charge in [0, 0.05) is 12.4 Å². The molecular formula is C26H23N3O4. The normalized spacial score (nSPS) is 11.2. The first-order valence-electron chi connectivity index (χ1n) is 10.5. The maximum Gasteiger partial charge on any atom is 0.336 e. The molecule has 0 saturated heterocycles. The van der Waals surface area contributed by atoms with Gasteiger partial charge in [-0.25, -0.2) is 9.36 Å². The van der Waals surface area contributed by atoms with E-state index in [0.717, 1.165) is 16.5 Å². The van der Waals surface area contributed by atoms with Crippen LogP contribution in [0.3, 0.4) is 0 Å². The van der Waals surface area contributed by atoms with Gasteiger partial charge in [-0.2, -0.15) is 0 Å². The number of hydrogen-bond donors (Lipinski definition) is 0. The monoisotopic (exact) mass is 441 g/mol. The predicted molar refractivity (Wildman–Crippen MR) is 129 cm³/mol. The third-order valence-corrected chi connectivity index (χ3v) is 5.99. The fourth-order valence-electron chi connectivity index (χ4n) is 4.33. The van der Waals surface area contributed by atoms with Crippen LogP contribution in [0, 0.1) is 0 Å². The largest absolute Gasteiger partial charge is 0.497 e. The standard InChI is InChI=1S/C26H23N3O4/c1-27-22-14-13-20(33-3)15-21(22)23-24(27)25(30)29(18-9-11-19(32-2)12-10-18)26(31)28(23)16-17-7-5-4-6-8-17/h4-15H,16H2,1-3H3. The summed E-state index contributed by atoms with van der Waals surface area (Å²) in [5.74, 6) is 1.31. The maximum absolute atomic E-state index is 13.8. The molecule has 0 aliphatic heterocycles. The summed E-state index contributed by atoms with van der Waals surface area (Å²) in [6, 6.07) is 22.3. The van der Waals surface area contributed by atoms with Crippen LogP contribution in [0.5, 0.6) is 11.5 Å². The number of hydrogen-bond acceptors (Lipinski definition) is 4. The van der Waals surface area contributed by atoms with Crippen molar-refractivity contribution in [2.75, 3.05) is 14.2 Å². The van der Waals surface area contributed by atoms with Crippen LogP contribution in [0.15, 0.2) is 82.4 Å². The lowest BCUT2D eigenvalue weighted by atomic mass is 10.2. The van der Waals surface area contributed by atoms with Crippen LogP contribution in [-0.2, 0) is 13.6 Å². The van der Waals surface area contributed by atoms with E-state index in [9.17, 15) is 9.59 Å². The molecule has 7 nitrogen and oxygen atoms in total. The molecule has 0 N–H and O–H groups in total. The number of nitrogens with zero attached hydrogens (tertiary/aromatic N) is 3. The number of aromatic nitrogens is 3. The Kier molecular flexibility index (Phi) is 5.01. The van der Waals surface area contributed by atoms with Crippen molar-refractivity contribution in [2.45, 2.75) is 6.54 Å². The number of fused-ring (bicyclic) bond motifs is 3. The summed E-state index contributed by atoms with van der Waals surface area (Å²) >= 11 is 0. The van der Waals surface area contributed by atoms with Gasteiger partial charge in [0.25, 0.3) is 5.56 Å². The Bertz CT molecular complexity index is 1590. The van der Waals surface area contributed by atoms with Crippen LogP contribution in [0.2, 0.25) is 0 Å². The third-order valence-electron chi connectivity index (χ3n) is 5.99. The zero-order valence-electron chi connectivity index (χ0n) is 18.6. The van der Waals surface area contributed by atoms with E-state index in [-0.39, 0.29) is 5.56 Å². The van der Waals surface area contributed by atoms with Crippen LogP contribution in [0.25, 0.3) is 27.6 Å². The van der Waals surface area contributed by atoms with Crippen molar-refractivity contribution in [1.29, 1.82) is 0 Å². The van der Waals surface area contributed by atoms with Gasteiger partial charge in [-0.1, -0.05) is 30.3 Å². The van der Waals surface area contributed by atoms with Crippen LogP contribution >= 0.6 is 0 Å². The highest BCUT2D eigenvalue weighted by atomic mass is 16.5. The minimum atomic E-state index is -0.406. The highest BCUT2D eigenvalue weighted by Crippen LogP contribution is 2.29. The molecule has 33 heavy (non-hydrogen) atoms. The van der Waals surface area contributed by atoms with E-state index >= 15 is 0 Å². The molecule has 0 aliphatic rings. The van der Waals surface area contributed by atoms with E-state index in [1.54, 1.807) is 43.1 Å². The summed E-state index contributed by atoms with van der Waals surface area (Å²) < 4.78 is 15.4. The molecule has 5 aromatic rings. The first-order valence-corrected chi connectivity index (χ1v) is 10.5. The molecule has 3 aromatic carbocycles. The Hall–Kier alpha value is -4.26. The molecule has 0 unspecified atom stereocenters. The zero-order valence-corrected chi connectivity index (χ0v) is 18.6. The molecule has 166 valence electrons. The molecule has 0 atom stereocenters. The lowest BCUT2D eigenvalue weighted by Crippen LogP contribution is -2.39. The smallest absolute Gasteiger partial charge is 0.336 e. The topological polar surface area (TPSA) is 67.4 Å². The first-order chi connectivity index (χ1) is 16.0. The molecule has 2 aromatic heterocycles. The maximum atomic E-state index is 13.8. The Morgan fingerprint density at radius 3 is 2.12 bits per heavy atom. The zero-order chi connectivity index (χ0) is 23.1. The summed E-state index contributed by atoms with van der Waals surface area (Å²) in [6.45, 7) is 0.322. The summed E-state index contributed by atoms with van der Waals surface area (Å²) in [4.78, 5) is 27.5. The quantitative estimate of drug-likeness (QED) is 0.417.